The lowest BCUT2D eigenvalue weighted by Gasteiger charge is -2.50. The molecular formula is C15H22N6O5. The molecule has 11 nitrogen and oxygen atoms in total. The number of carboxylic acids is 1. The van der Waals surface area contributed by atoms with E-state index in [1.807, 2.05) is 0 Å². The zero-order chi connectivity index (χ0) is 19.1. The van der Waals surface area contributed by atoms with Gasteiger partial charge in [-0.15, -0.1) is 0 Å². The monoisotopic (exact) mass is 366 g/mol. The van der Waals surface area contributed by atoms with Crippen molar-refractivity contribution in [2.24, 2.45) is 16.5 Å². The number of carbonyl (C=O) groups excluding carboxylic acids is 3. The van der Waals surface area contributed by atoms with Crippen LogP contribution in [-0.4, -0.2) is 81.8 Å². The molecule has 3 rings (SSSR count). The largest absolute Gasteiger partial charge is 0.481 e. The molecule has 0 aromatic rings. The second-order valence-electron chi connectivity index (χ2n) is 6.84. The number of nitrogens with two attached hydrogens (primary N) is 2. The van der Waals surface area contributed by atoms with Crippen LogP contribution in [0.5, 0.6) is 0 Å². The van der Waals surface area contributed by atoms with Crippen LogP contribution < -0.4 is 16.8 Å². The van der Waals surface area contributed by atoms with Crippen molar-refractivity contribution in [3.63, 3.8) is 0 Å². The fourth-order valence-corrected chi connectivity index (χ4v) is 3.88. The fourth-order valence-electron chi connectivity index (χ4n) is 3.88. The number of nitrogens with one attached hydrogen (secondary N) is 1. The Hall–Kier alpha value is -2.85. The summed E-state index contributed by atoms with van der Waals surface area (Å²) in [5.41, 5.74) is 9.86. The van der Waals surface area contributed by atoms with Crippen molar-refractivity contribution in [1.29, 1.82) is 0 Å². The molecule has 2 saturated heterocycles. The molecule has 3 fully saturated rings. The molecule has 26 heavy (non-hydrogen) atoms. The van der Waals surface area contributed by atoms with Gasteiger partial charge in [0.25, 0.3) is 0 Å². The number of amides is 3. The van der Waals surface area contributed by atoms with Crippen molar-refractivity contribution in [1.82, 2.24) is 15.1 Å². The third kappa shape index (κ3) is 3.04. The Morgan fingerprint density at radius 3 is 2.58 bits per heavy atom. The van der Waals surface area contributed by atoms with Crippen LogP contribution in [0, 0.1) is 0 Å². The summed E-state index contributed by atoms with van der Waals surface area (Å²) in [5, 5.41) is 11.4. The Bertz CT molecular complexity index is 684. The summed E-state index contributed by atoms with van der Waals surface area (Å²) in [4.78, 5) is 55.5. The summed E-state index contributed by atoms with van der Waals surface area (Å²) in [6, 6.07) is -1.91. The van der Waals surface area contributed by atoms with Crippen molar-refractivity contribution in [2.75, 3.05) is 19.6 Å². The minimum absolute atomic E-state index is 0.0241. The number of aliphatic imine (C=N–C) groups is 1. The third-order valence-electron chi connectivity index (χ3n) is 5.09. The van der Waals surface area contributed by atoms with Gasteiger partial charge in [-0.3, -0.25) is 24.2 Å². The zero-order valence-electron chi connectivity index (χ0n) is 14.2. The third-order valence-corrected chi connectivity index (χ3v) is 5.09. The number of aliphatic carboxylic acids is 1. The minimum Gasteiger partial charge on any atom is -0.481 e. The average molecular weight is 366 g/mol. The van der Waals surface area contributed by atoms with Crippen LogP contribution in [0.3, 0.4) is 0 Å². The van der Waals surface area contributed by atoms with Crippen LogP contribution >= 0.6 is 0 Å². The van der Waals surface area contributed by atoms with Crippen LogP contribution in [-0.2, 0) is 19.2 Å². The first-order chi connectivity index (χ1) is 12.3. The van der Waals surface area contributed by atoms with Gasteiger partial charge >= 0.3 is 5.97 Å². The Kier molecular flexibility index (Phi) is 4.46. The molecule has 0 radical (unpaired) electrons. The Morgan fingerprint density at radius 2 is 2.00 bits per heavy atom. The number of guanidine groups is 1. The normalized spacial score (nSPS) is 26.4. The number of nitrogens with zero attached hydrogens (tertiary/aromatic N) is 3. The first-order valence-corrected chi connectivity index (χ1v) is 8.45. The molecule has 3 aliphatic rings. The number of piperazine rings is 2. The van der Waals surface area contributed by atoms with E-state index in [9.17, 15) is 19.2 Å². The van der Waals surface area contributed by atoms with Gasteiger partial charge in [0.2, 0.25) is 17.7 Å². The van der Waals surface area contributed by atoms with E-state index >= 15 is 0 Å². The van der Waals surface area contributed by atoms with Crippen LogP contribution in [0.25, 0.3) is 0 Å². The molecule has 2 heterocycles. The van der Waals surface area contributed by atoms with Crippen LogP contribution in [0.15, 0.2) is 4.99 Å². The van der Waals surface area contributed by atoms with Gasteiger partial charge < -0.3 is 31.7 Å². The second kappa shape index (κ2) is 6.46. The maximum absolute atomic E-state index is 12.6. The number of carboxylic acid groups (broad SMARTS) is 1. The van der Waals surface area contributed by atoms with E-state index in [0.717, 1.165) is 0 Å². The van der Waals surface area contributed by atoms with Crippen molar-refractivity contribution >= 4 is 29.7 Å². The quantitative estimate of drug-likeness (QED) is 0.223. The Balaban J connectivity index is 1.76. The SMILES string of the molecule is NC(N)=NCCCN1C(=O)CN2C(=O)[C@H](CC(=O)O)NC(=O)C2C12CC2. The molecule has 11 heteroatoms. The number of rotatable bonds is 6. The highest BCUT2D eigenvalue weighted by molar-refractivity contribution is 6.03. The van der Waals surface area contributed by atoms with Crippen molar-refractivity contribution < 1.29 is 24.3 Å². The van der Waals surface area contributed by atoms with Crippen LogP contribution in [0.2, 0.25) is 0 Å². The zero-order valence-corrected chi connectivity index (χ0v) is 14.2. The summed E-state index contributed by atoms with van der Waals surface area (Å²) < 4.78 is 0. The van der Waals surface area contributed by atoms with E-state index in [0.29, 0.717) is 32.4 Å². The highest BCUT2D eigenvalue weighted by Gasteiger charge is 2.65. The molecule has 142 valence electrons. The first kappa shape index (κ1) is 18.0. The lowest BCUT2D eigenvalue weighted by Crippen LogP contribution is -2.75. The summed E-state index contributed by atoms with van der Waals surface area (Å²) in [6.45, 7) is 0.527. The van der Waals surface area contributed by atoms with E-state index in [1.54, 1.807) is 4.90 Å². The van der Waals surface area contributed by atoms with Gasteiger partial charge in [0, 0.05) is 13.1 Å². The summed E-state index contributed by atoms with van der Waals surface area (Å²) in [5.74, 6) is -2.38. The summed E-state index contributed by atoms with van der Waals surface area (Å²) in [6.07, 6.45) is 1.27. The molecule has 0 aromatic heterocycles. The Morgan fingerprint density at radius 1 is 1.31 bits per heavy atom. The molecule has 2 aliphatic heterocycles. The van der Waals surface area contributed by atoms with Gasteiger partial charge in [0.1, 0.15) is 18.6 Å². The maximum Gasteiger partial charge on any atom is 0.305 e. The van der Waals surface area contributed by atoms with Gasteiger partial charge in [-0.1, -0.05) is 0 Å². The minimum atomic E-state index is -1.19. The van der Waals surface area contributed by atoms with Gasteiger partial charge in [-0.05, 0) is 19.3 Å². The summed E-state index contributed by atoms with van der Waals surface area (Å²) in [7, 11) is 0. The van der Waals surface area contributed by atoms with Gasteiger partial charge in [-0.2, -0.15) is 0 Å². The maximum atomic E-state index is 12.6. The van der Waals surface area contributed by atoms with Crippen molar-refractivity contribution in [3.8, 4) is 0 Å². The standard InChI is InChI=1S/C15H22N6O5/c16-14(17)18-4-1-5-21-9(22)7-20-11(15(21)2-3-15)12(25)19-8(13(20)26)6-10(23)24/h8,11H,1-7H2,(H,19,25)(H,23,24)(H4,16,17,18)/t8-,11?/m0/s1. The van der Waals surface area contributed by atoms with E-state index in [1.165, 1.54) is 4.90 Å². The van der Waals surface area contributed by atoms with Crippen LogP contribution in [0.4, 0.5) is 0 Å². The number of fused-ring (bicyclic) bond motifs is 2. The molecule has 1 aliphatic carbocycles. The number of hydrogen-bond donors (Lipinski definition) is 4. The van der Waals surface area contributed by atoms with Crippen LogP contribution in [0.1, 0.15) is 25.7 Å². The highest BCUT2D eigenvalue weighted by atomic mass is 16.4. The molecular weight excluding hydrogens is 344 g/mol. The lowest BCUT2D eigenvalue weighted by molar-refractivity contribution is -0.167. The van der Waals surface area contributed by atoms with E-state index in [4.69, 9.17) is 16.6 Å². The van der Waals surface area contributed by atoms with Gasteiger partial charge in [0.15, 0.2) is 5.96 Å². The number of hydrogen-bond acceptors (Lipinski definition) is 5. The number of carbonyl (C=O) groups is 4. The van der Waals surface area contributed by atoms with E-state index in [-0.39, 0.29) is 18.4 Å². The van der Waals surface area contributed by atoms with E-state index in [2.05, 4.69) is 10.3 Å². The molecule has 0 bridgehead atoms. The molecule has 1 spiro atoms. The van der Waals surface area contributed by atoms with Crippen molar-refractivity contribution in [2.45, 2.75) is 43.3 Å². The van der Waals surface area contributed by atoms with Gasteiger partial charge in [-0.25, -0.2) is 0 Å². The predicted molar refractivity (Wildman–Crippen MR) is 88.7 cm³/mol. The van der Waals surface area contributed by atoms with Gasteiger partial charge in [0.05, 0.1) is 12.0 Å². The predicted octanol–water partition coefficient (Wildman–Crippen LogP) is -2.80. The molecule has 2 atom stereocenters. The average Bonchev–Trinajstić information content (AvgIpc) is 3.31. The molecule has 1 unspecified atom stereocenters. The fraction of sp³-hybridized carbons (Fsp3) is 0.667. The Labute approximate surface area is 149 Å². The molecule has 0 aromatic carbocycles. The lowest BCUT2D eigenvalue weighted by atomic mass is 9.92. The van der Waals surface area contributed by atoms with Crippen molar-refractivity contribution in [3.05, 3.63) is 0 Å². The molecule has 6 N–H and O–H groups in total. The van der Waals surface area contributed by atoms with E-state index < -0.39 is 41.8 Å². The highest BCUT2D eigenvalue weighted by Crippen LogP contribution is 2.49. The topological polar surface area (TPSA) is 171 Å². The smallest absolute Gasteiger partial charge is 0.305 e. The first-order valence-electron chi connectivity index (χ1n) is 8.45. The molecule has 3 amide bonds. The second-order valence-corrected chi connectivity index (χ2v) is 6.84. The molecule has 1 saturated carbocycles. The summed E-state index contributed by atoms with van der Waals surface area (Å²) >= 11 is 0.